The summed E-state index contributed by atoms with van der Waals surface area (Å²) in [5.41, 5.74) is 3.62. The highest BCUT2D eigenvalue weighted by molar-refractivity contribution is 7.09. The molecule has 2 aromatic carbocycles. The Kier molecular flexibility index (Phi) is 5.79. The smallest absolute Gasteiger partial charge is 0.408 e. The summed E-state index contributed by atoms with van der Waals surface area (Å²) in [6.45, 7) is 0.493. The normalized spacial score (nSPS) is 15.2. The molecule has 1 heterocycles. The molecule has 9 heteroatoms. The molecule has 0 bridgehead atoms. The number of amides is 2. The number of benzene rings is 2. The number of carbonyl (C=O) groups is 3. The molecule has 3 N–H and O–H groups in total. The van der Waals surface area contributed by atoms with Crippen LogP contribution in [0.3, 0.4) is 0 Å². The SMILES string of the molecule is O=C(NC1(C(=O)NCCc2nc(C(=O)O)cs2)CC1)OCC1c2ccccc2-c2ccccc21. The topological polar surface area (TPSA) is 118 Å². The molecule has 1 fully saturated rings. The van der Waals surface area contributed by atoms with Crippen LogP contribution in [0.4, 0.5) is 4.79 Å². The zero-order valence-corrected chi connectivity index (χ0v) is 19.1. The molecule has 2 aliphatic rings. The Morgan fingerprint density at radius 2 is 1.71 bits per heavy atom. The number of alkyl carbamates (subject to hydrolysis) is 1. The number of carbonyl (C=O) groups excluding carboxylic acids is 2. The molecule has 1 aromatic heterocycles. The molecule has 2 aliphatic carbocycles. The first-order chi connectivity index (χ1) is 16.5. The van der Waals surface area contributed by atoms with Crippen LogP contribution in [-0.2, 0) is 16.0 Å². The van der Waals surface area contributed by atoms with Crippen LogP contribution in [0.25, 0.3) is 11.1 Å². The van der Waals surface area contributed by atoms with E-state index in [1.54, 1.807) is 0 Å². The Hall–Kier alpha value is -3.72. The van der Waals surface area contributed by atoms with E-state index in [9.17, 15) is 14.4 Å². The average Bonchev–Trinajstić information content (AvgIpc) is 3.33. The molecule has 0 unspecified atom stereocenters. The fraction of sp³-hybridized carbons (Fsp3) is 0.280. The van der Waals surface area contributed by atoms with Crippen LogP contribution in [0.15, 0.2) is 53.9 Å². The Balaban J connectivity index is 1.14. The zero-order valence-electron chi connectivity index (χ0n) is 18.2. The van der Waals surface area contributed by atoms with Crippen LogP contribution in [0.5, 0.6) is 0 Å². The number of fused-ring (bicyclic) bond motifs is 3. The zero-order chi connectivity index (χ0) is 23.7. The monoisotopic (exact) mass is 477 g/mol. The quantitative estimate of drug-likeness (QED) is 0.457. The minimum atomic E-state index is -1.07. The summed E-state index contributed by atoms with van der Waals surface area (Å²) >= 11 is 1.24. The van der Waals surface area contributed by atoms with Crippen LogP contribution in [0, 0.1) is 0 Å². The third kappa shape index (κ3) is 4.26. The molecule has 2 amide bonds. The van der Waals surface area contributed by atoms with Gasteiger partial charge in [-0.3, -0.25) is 4.79 Å². The Morgan fingerprint density at radius 3 is 2.29 bits per heavy atom. The van der Waals surface area contributed by atoms with Crippen LogP contribution in [0.1, 0.15) is 45.4 Å². The van der Waals surface area contributed by atoms with Gasteiger partial charge in [-0.05, 0) is 35.1 Å². The fourth-order valence-electron chi connectivity index (χ4n) is 4.34. The molecule has 0 saturated heterocycles. The maximum absolute atomic E-state index is 12.7. The lowest BCUT2D eigenvalue weighted by Gasteiger charge is -2.19. The second-order valence-corrected chi connectivity index (χ2v) is 9.41. The van der Waals surface area contributed by atoms with E-state index in [-0.39, 0.29) is 24.1 Å². The Morgan fingerprint density at radius 1 is 1.06 bits per heavy atom. The fourth-order valence-corrected chi connectivity index (χ4v) is 5.11. The van der Waals surface area contributed by atoms with Gasteiger partial charge in [-0.25, -0.2) is 14.6 Å². The molecule has 0 radical (unpaired) electrons. The van der Waals surface area contributed by atoms with Crippen molar-refractivity contribution in [2.24, 2.45) is 0 Å². The van der Waals surface area contributed by atoms with Gasteiger partial charge in [0.2, 0.25) is 5.91 Å². The number of nitrogens with zero attached hydrogens (tertiary/aromatic N) is 1. The summed E-state index contributed by atoms with van der Waals surface area (Å²) < 4.78 is 5.57. The van der Waals surface area contributed by atoms with Gasteiger partial charge in [-0.1, -0.05) is 48.5 Å². The van der Waals surface area contributed by atoms with Crippen molar-refractivity contribution in [3.05, 3.63) is 75.7 Å². The molecule has 34 heavy (non-hydrogen) atoms. The maximum atomic E-state index is 12.7. The summed E-state index contributed by atoms with van der Waals surface area (Å²) in [4.78, 5) is 40.2. The summed E-state index contributed by atoms with van der Waals surface area (Å²) in [5.74, 6) is -1.39. The Labute approximate surface area is 200 Å². The van der Waals surface area contributed by atoms with Gasteiger partial charge in [0, 0.05) is 24.3 Å². The second kappa shape index (κ2) is 8.90. The lowest BCUT2D eigenvalue weighted by molar-refractivity contribution is -0.124. The van der Waals surface area contributed by atoms with Crippen molar-refractivity contribution < 1.29 is 24.2 Å². The van der Waals surface area contributed by atoms with Gasteiger partial charge in [0.05, 0.1) is 5.01 Å². The van der Waals surface area contributed by atoms with Gasteiger partial charge >= 0.3 is 12.1 Å². The van der Waals surface area contributed by atoms with E-state index in [1.165, 1.54) is 16.7 Å². The highest BCUT2D eigenvalue weighted by Gasteiger charge is 2.51. The molecule has 0 atom stereocenters. The maximum Gasteiger partial charge on any atom is 0.408 e. The number of rotatable bonds is 8. The molecule has 1 saturated carbocycles. The second-order valence-electron chi connectivity index (χ2n) is 8.47. The third-order valence-electron chi connectivity index (χ3n) is 6.26. The van der Waals surface area contributed by atoms with Crippen molar-refractivity contribution in [1.82, 2.24) is 15.6 Å². The number of ether oxygens (including phenoxy) is 1. The lowest BCUT2D eigenvalue weighted by atomic mass is 9.98. The van der Waals surface area contributed by atoms with Crippen molar-refractivity contribution in [2.75, 3.05) is 13.2 Å². The average molecular weight is 478 g/mol. The first-order valence-electron chi connectivity index (χ1n) is 11.1. The molecule has 5 rings (SSSR count). The number of aromatic carboxylic acids is 1. The van der Waals surface area contributed by atoms with E-state index >= 15 is 0 Å². The van der Waals surface area contributed by atoms with Crippen molar-refractivity contribution >= 4 is 29.3 Å². The number of thiazole rings is 1. The van der Waals surface area contributed by atoms with Gasteiger partial charge in [0.15, 0.2) is 5.69 Å². The number of carboxylic acids is 1. The molecule has 0 spiro atoms. The van der Waals surface area contributed by atoms with E-state index in [0.29, 0.717) is 30.8 Å². The predicted octanol–water partition coefficient (Wildman–Crippen LogP) is 3.57. The van der Waals surface area contributed by atoms with Gasteiger partial charge in [0.1, 0.15) is 12.1 Å². The molecule has 174 valence electrons. The van der Waals surface area contributed by atoms with E-state index in [4.69, 9.17) is 9.84 Å². The first kappa shape index (κ1) is 22.1. The van der Waals surface area contributed by atoms with Crippen LogP contribution >= 0.6 is 11.3 Å². The van der Waals surface area contributed by atoms with Crippen molar-refractivity contribution in [1.29, 1.82) is 0 Å². The predicted molar refractivity (Wildman–Crippen MR) is 126 cm³/mol. The van der Waals surface area contributed by atoms with Crippen LogP contribution in [0.2, 0.25) is 0 Å². The lowest BCUT2D eigenvalue weighted by Crippen LogP contribution is -2.49. The summed E-state index contributed by atoms with van der Waals surface area (Å²) in [7, 11) is 0. The number of hydrogen-bond acceptors (Lipinski definition) is 6. The third-order valence-corrected chi connectivity index (χ3v) is 7.17. The van der Waals surface area contributed by atoms with Gasteiger partial charge in [-0.15, -0.1) is 11.3 Å². The van der Waals surface area contributed by atoms with Gasteiger partial charge in [0.25, 0.3) is 0 Å². The van der Waals surface area contributed by atoms with Crippen LogP contribution < -0.4 is 10.6 Å². The number of hydrogen-bond donors (Lipinski definition) is 3. The molecular formula is C25H23N3O5S. The summed E-state index contributed by atoms with van der Waals surface area (Å²) in [6.07, 6.45) is 0.901. The highest BCUT2D eigenvalue weighted by atomic mass is 32.1. The van der Waals surface area contributed by atoms with Crippen molar-refractivity contribution in [3.8, 4) is 11.1 Å². The molecular weight excluding hydrogens is 454 g/mol. The first-order valence-corrected chi connectivity index (χ1v) is 11.9. The van der Waals surface area contributed by atoms with E-state index in [0.717, 1.165) is 22.3 Å². The van der Waals surface area contributed by atoms with Crippen molar-refractivity contribution in [3.63, 3.8) is 0 Å². The largest absolute Gasteiger partial charge is 0.476 e. The van der Waals surface area contributed by atoms with Gasteiger partial charge in [-0.2, -0.15) is 0 Å². The minimum Gasteiger partial charge on any atom is -0.476 e. The van der Waals surface area contributed by atoms with E-state index in [1.807, 2.05) is 24.3 Å². The number of aromatic nitrogens is 1. The highest BCUT2D eigenvalue weighted by Crippen LogP contribution is 2.44. The van der Waals surface area contributed by atoms with Crippen LogP contribution in [-0.4, -0.2) is 46.8 Å². The number of nitrogens with one attached hydrogen (secondary N) is 2. The van der Waals surface area contributed by atoms with E-state index < -0.39 is 17.6 Å². The minimum absolute atomic E-state index is 0.00177. The molecule has 0 aliphatic heterocycles. The molecule has 8 nitrogen and oxygen atoms in total. The van der Waals surface area contributed by atoms with E-state index in [2.05, 4.69) is 39.9 Å². The number of carboxylic acid groups (broad SMARTS) is 1. The summed E-state index contributed by atoms with van der Waals surface area (Å²) in [6, 6.07) is 16.2. The van der Waals surface area contributed by atoms with Gasteiger partial charge < -0.3 is 20.5 Å². The Bertz CT molecular complexity index is 1220. The van der Waals surface area contributed by atoms with Crippen molar-refractivity contribution in [2.45, 2.75) is 30.7 Å². The standard InChI is InChI=1S/C25H23N3O5S/c29-22(30)20-14-34-21(27-20)9-12-26-23(31)25(10-11-25)28-24(32)33-13-19-17-7-3-1-5-15(17)16-6-2-4-8-18(16)19/h1-8,14,19H,9-13H2,(H,26,31)(H,28,32)(H,29,30). The summed E-state index contributed by atoms with van der Waals surface area (Å²) in [5, 5.41) is 16.6. The molecule has 3 aromatic rings.